The Hall–Kier alpha value is -0.280. The van der Waals surface area contributed by atoms with Crippen molar-refractivity contribution in [2.45, 2.75) is 26.7 Å². The van der Waals surface area contributed by atoms with Crippen LogP contribution in [0.5, 0.6) is 0 Å². The molecule has 1 atom stereocenters. The Labute approximate surface area is 97.5 Å². The third kappa shape index (κ3) is 7.63. The fraction of sp³-hybridized carbons (Fsp3) is 0.909. The van der Waals surface area contributed by atoms with Crippen LogP contribution in [-0.2, 0) is 9.53 Å². The van der Waals surface area contributed by atoms with Crippen molar-refractivity contribution in [1.82, 2.24) is 5.32 Å². The molecule has 0 fully saturated rings. The molecule has 1 unspecified atom stereocenters. The van der Waals surface area contributed by atoms with Crippen LogP contribution in [0.4, 0.5) is 0 Å². The zero-order chi connectivity index (χ0) is 11.7. The van der Waals surface area contributed by atoms with Crippen LogP contribution in [0.2, 0.25) is 0 Å². The van der Waals surface area contributed by atoms with Crippen molar-refractivity contribution in [3.05, 3.63) is 0 Å². The van der Waals surface area contributed by atoms with E-state index in [0.717, 1.165) is 6.42 Å². The molecule has 0 rings (SSSR count). The van der Waals surface area contributed by atoms with Crippen LogP contribution in [-0.4, -0.2) is 32.0 Å². The van der Waals surface area contributed by atoms with Gasteiger partial charge in [0, 0.05) is 31.9 Å². The molecule has 1 amide bonds. The summed E-state index contributed by atoms with van der Waals surface area (Å²) in [4.78, 5) is 11.3. The van der Waals surface area contributed by atoms with E-state index in [1.165, 1.54) is 0 Å². The second kappa shape index (κ2) is 8.98. The van der Waals surface area contributed by atoms with E-state index in [2.05, 4.69) is 19.2 Å². The lowest BCUT2D eigenvalue weighted by molar-refractivity contribution is -0.121. The van der Waals surface area contributed by atoms with Crippen molar-refractivity contribution in [1.29, 1.82) is 0 Å². The van der Waals surface area contributed by atoms with Gasteiger partial charge in [0.25, 0.3) is 0 Å². The molecular formula is C11H22ClNO2. The van der Waals surface area contributed by atoms with Gasteiger partial charge < -0.3 is 10.1 Å². The number of carbonyl (C=O) groups is 1. The number of methoxy groups -OCH3 is 1. The van der Waals surface area contributed by atoms with Crippen molar-refractivity contribution < 1.29 is 9.53 Å². The molecule has 0 radical (unpaired) electrons. The Balaban J connectivity index is 3.73. The van der Waals surface area contributed by atoms with E-state index >= 15 is 0 Å². The first-order valence-corrected chi connectivity index (χ1v) is 5.96. The van der Waals surface area contributed by atoms with Gasteiger partial charge in [-0.3, -0.25) is 4.79 Å². The molecule has 0 aromatic carbocycles. The van der Waals surface area contributed by atoms with Gasteiger partial charge in [-0.25, -0.2) is 0 Å². The first-order chi connectivity index (χ1) is 7.11. The summed E-state index contributed by atoms with van der Waals surface area (Å²) in [6.07, 6.45) is 1.26. The Morgan fingerprint density at radius 2 is 2.13 bits per heavy atom. The van der Waals surface area contributed by atoms with Crippen LogP contribution >= 0.6 is 11.6 Å². The highest BCUT2D eigenvalue weighted by Crippen LogP contribution is 2.09. The fourth-order valence-electron chi connectivity index (χ4n) is 1.26. The number of halogens is 1. The minimum absolute atomic E-state index is 0.0809. The average Bonchev–Trinajstić information content (AvgIpc) is 2.20. The third-order valence-corrected chi connectivity index (χ3v) is 2.69. The normalized spacial score (nSPS) is 12.9. The number of hydrogen-bond acceptors (Lipinski definition) is 2. The van der Waals surface area contributed by atoms with Crippen LogP contribution in [0.1, 0.15) is 26.7 Å². The quantitative estimate of drug-likeness (QED) is 0.654. The van der Waals surface area contributed by atoms with E-state index in [-0.39, 0.29) is 5.91 Å². The summed E-state index contributed by atoms with van der Waals surface area (Å²) in [5.74, 6) is 1.52. The Bertz CT molecular complexity index is 174. The minimum atomic E-state index is 0.0809. The largest absolute Gasteiger partial charge is 0.384 e. The van der Waals surface area contributed by atoms with Crippen molar-refractivity contribution >= 4 is 17.5 Å². The number of rotatable bonds is 8. The summed E-state index contributed by atoms with van der Waals surface area (Å²) in [6.45, 7) is 5.64. The molecule has 1 N–H and O–H groups in total. The molecule has 0 aromatic heterocycles. The molecule has 0 saturated carbocycles. The molecule has 0 aliphatic rings. The molecule has 0 bridgehead atoms. The summed E-state index contributed by atoms with van der Waals surface area (Å²) in [7, 11) is 1.69. The minimum Gasteiger partial charge on any atom is -0.384 e. The molecule has 4 heteroatoms. The van der Waals surface area contributed by atoms with Gasteiger partial charge in [-0.05, 0) is 12.3 Å². The van der Waals surface area contributed by atoms with Gasteiger partial charge in [-0.1, -0.05) is 13.8 Å². The highest BCUT2D eigenvalue weighted by atomic mass is 35.5. The molecule has 0 aliphatic carbocycles. The number of hydrogen-bond donors (Lipinski definition) is 1. The molecule has 15 heavy (non-hydrogen) atoms. The molecule has 90 valence electrons. The molecule has 0 heterocycles. The zero-order valence-corrected chi connectivity index (χ0v) is 10.6. The van der Waals surface area contributed by atoms with Crippen LogP contribution < -0.4 is 5.32 Å². The van der Waals surface area contributed by atoms with E-state index < -0.39 is 0 Å². The summed E-state index contributed by atoms with van der Waals surface area (Å²) >= 11 is 5.51. The topological polar surface area (TPSA) is 38.3 Å². The lowest BCUT2D eigenvalue weighted by Gasteiger charge is -2.20. The van der Waals surface area contributed by atoms with Gasteiger partial charge in [0.15, 0.2) is 0 Å². The third-order valence-electron chi connectivity index (χ3n) is 2.42. The predicted molar refractivity (Wildman–Crippen MR) is 63.2 cm³/mol. The Morgan fingerprint density at radius 1 is 1.47 bits per heavy atom. The number of nitrogens with one attached hydrogen (secondary N) is 1. The number of ether oxygens (including phenoxy) is 1. The van der Waals surface area contributed by atoms with Gasteiger partial charge in [-0.2, -0.15) is 0 Å². The predicted octanol–water partition coefficient (Wildman–Crippen LogP) is 2.04. The van der Waals surface area contributed by atoms with Crippen molar-refractivity contribution in [3.63, 3.8) is 0 Å². The van der Waals surface area contributed by atoms with Gasteiger partial charge in [0.1, 0.15) is 0 Å². The molecule has 3 nitrogen and oxygen atoms in total. The Morgan fingerprint density at radius 3 is 2.60 bits per heavy atom. The summed E-state index contributed by atoms with van der Waals surface area (Å²) in [6, 6.07) is 0. The number of alkyl halides is 1. The van der Waals surface area contributed by atoms with E-state index in [0.29, 0.717) is 37.3 Å². The molecular weight excluding hydrogens is 214 g/mol. The first kappa shape index (κ1) is 14.7. The molecule has 0 aromatic rings. The SMILES string of the molecule is COCC(CNC(=O)CCCCl)C(C)C. The number of carbonyl (C=O) groups excluding carboxylic acids is 1. The van der Waals surface area contributed by atoms with Gasteiger partial charge in [-0.15, -0.1) is 11.6 Å². The second-order valence-corrected chi connectivity index (χ2v) is 4.43. The second-order valence-electron chi connectivity index (χ2n) is 4.06. The first-order valence-electron chi connectivity index (χ1n) is 5.43. The fourth-order valence-corrected chi connectivity index (χ4v) is 1.40. The van der Waals surface area contributed by atoms with E-state index in [1.807, 2.05) is 0 Å². The smallest absolute Gasteiger partial charge is 0.220 e. The average molecular weight is 236 g/mol. The maximum Gasteiger partial charge on any atom is 0.220 e. The molecule has 0 saturated heterocycles. The maximum atomic E-state index is 11.3. The highest BCUT2D eigenvalue weighted by molar-refractivity contribution is 6.17. The summed E-state index contributed by atoms with van der Waals surface area (Å²) in [5.41, 5.74) is 0. The van der Waals surface area contributed by atoms with Gasteiger partial charge >= 0.3 is 0 Å². The molecule has 0 aliphatic heterocycles. The Kier molecular flexibility index (Phi) is 8.82. The lowest BCUT2D eigenvalue weighted by Crippen LogP contribution is -2.33. The maximum absolute atomic E-state index is 11.3. The highest BCUT2D eigenvalue weighted by Gasteiger charge is 2.13. The van der Waals surface area contributed by atoms with Crippen molar-refractivity contribution in [2.24, 2.45) is 11.8 Å². The van der Waals surface area contributed by atoms with Crippen LogP contribution in [0.25, 0.3) is 0 Å². The van der Waals surface area contributed by atoms with Crippen molar-refractivity contribution in [2.75, 3.05) is 26.1 Å². The standard InChI is InChI=1S/C11H22ClNO2/c1-9(2)10(8-15-3)7-13-11(14)5-4-6-12/h9-10H,4-8H2,1-3H3,(H,13,14). The summed E-state index contributed by atoms with van der Waals surface area (Å²) < 4.78 is 5.11. The zero-order valence-electron chi connectivity index (χ0n) is 9.88. The van der Waals surface area contributed by atoms with Gasteiger partial charge in [0.05, 0.1) is 6.61 Å². The van der Waals surface area contributed by atoms with E-state index in [9.17, 15) is 4.79 Å². The van der Waals surface area contributed by atoms with E-state index in [4.69, 9.17) is 16.3 Å². The van der Waals surface area contributed by atoms with E-state index in [1.54, 1.807) is 7.11 Å². The monoisotopic (exact) mass is 235 g/mol. The number of amides is 1. The van der Waals surface area contributed by atoms with Crippen molar-refractivity contribution in [3.8, 4) is 0 Å². The van der Waals surface area contributed by atoms with Crippen LogP contribution in [0.15, 0.2) is 0 Å². The lowest BCUT2D eigenvalue weighted by atomic mass is 9.97. The molecule has 0 spiro atoms. The van der Waals surface area contributed by atoms with Crippen LogP contribution in [0, 0.1) is 11.8 Å². The van der Waals surface area contributed by atoms with Gasteiger partial charge in [0.2, 0.25) is 5.91 Å². The summed E-state index contributed by atoms with van der Waals surface area (Å²) in [5, 5.41) is 2.91. The van der Waals surface area contributed by atoms with Crippen LogP contribution in [0.3, 0.4) is 0 Å².